The van der Waals surface area contributed by atoms with Crippen molar-refractivity contribution in [1.29, 1.82) is 0 Å². The van der Waals surface area contributed by atoms with Gasteiger partial charge in [-0.2, -0.15) is 0 Å². The van der Waals surface area contributed by atoms with E-state index in [0.29, 0.717) is 17.0 Å². The van der Waals surface area contributed by atoms with Crippen molar-refractivity contribution in [2.45, 2.75) is 13.8 Å². The summed E-state index contributed by atoms with van der Waals surface area (Å²) in [6.45, 7) is 2.90. The van der Waals surface area contributed by atoms with Crippen LogP contribution in [0.1, 0.15) is 12.7 Å². The fourth-order valence-corrected chi connectivity index (χ4v) is 1.45. The van der Waals surface area contributed by atoms with Gasteiger partial charge in [-0.15, -0.1) is 0 Å². The Morgan fingerprint density at radius 3 is 2.88 bits per heavy atom. The molecule has 2 rings (SSSR count). The second-order valence-corrected chi connectivity index (χ2v) is 3.52. The van der Waals surface area contributed by atoms with Crippen molar-refractivity contribution < 1.29 is 18.4 Å². The van der Waals surface area contributed by atoms with Crippen LogP contribution in [-0.4, -0.2) is 11.1 Å². The van der Waals surface area contributed by atoms with Gasteiger partial charge in [0.25, 0.3) is 0 Å². The molecule has 0 saturated heterocycles. The zero-order valence-electron chi connectivity index (χ0n) is 9.36. The van der Waals surface area contributed by atoms with Gasteiger partial charge in [-0.1, -0.05) is 17.3 Å². The number of ether oxygens (including phenoxy) is 1. The molecule has 0 spiro atoms. The van der Waals surface area contributed by atoms with Crippen molar-refractivity contribution in [1.82, 2.24) is 5.16 Å². The molecule has 0 aliphatic rings. The lowest BCUT2D eigenvalue weighted by atomic mass is 10.1. The van der Waals surface area contributed by atoms with Gasteiger partial charge in [-0.3, -0.25) is 4.79 Å². The fourth-order valence-electron chi connectivity index (χ4n) is 1.45. The molecule has 17 heavy (non-hydrogen) atoms. The van der Waals surface area contributed by atoms with Crippen molar-refractivity contribution in [2.24, 2.45) is 0 Å². The number of esters is 1. The highest BCUT2D eigenvalue weighted by Crippen LogP contribution is 2.32. The Hall–Kier alpha value is -2.17. The monoisotopic (exact) mass is 235 g/mol. The molecule has 0 N–H and O–H groups in total. The van der Waals surface area contributed by atoms with Gasteiger partial charge in [0.05, 0.1) is 0 Å². The van der Waals surface area contributed by atoms with Gasteiger partial charge in [0, 0.05) is 19.4 Å². The number of carbonyl (C=O) groups is 1. The smallest absolute Gasteiger partial charge is 0.308 e. The average Bonchev–Trinajstić information content (AvgIpc) is 2.60. The maximum atomic E-state index is 13.1. The number of carbonyl (C=O) groups excluding carboxylic acids is 1. The van der Waals surface area contributed by atoms with Crippen LogP contribution in [0.4, 0.5) is 4.39 Å². The van der Waals surface area contributed by atoms with Gasteiger partial charge in [0.2, 0.25) is 5.75 Å². The van der Waals surface area contributed by atoms with E-state index < -0.39 is 11.8 Å². The molecule has 0 amide bonds. The predicted molar refractivity (Wildman–Crippen MR) is 57.9 cm³/mol. The maximum Gasteiger partial charge on any atom is 0.308 e. The Bertz CT molecular complexity index is 563. The topological polar surface area (TPSA) is 52.3 Å². The third kappa shape index (κ3) is 2.33. The molecule has 0 aliphatic heterocycles. The molecule has 0 atom stereocenters. The Kier molecular flexibility index (Phi) is 2.91. The van der Waals surface area contributed by atoms with Crippen LogP contribution in [0.25, 0.3) is 11.3 Å². The standard InChI is InChI=1S/C12H10FNO3/c1-7-12(16-8(2)15)11(14-17-7)9-4-3-5-10(13)6-9/h3-6H,1-2H3. The lowest BCUT2D eigenvalue weighted by Crippen LogP contribution is -2.02. The summed E-state index contributed by atoms with van der Waals surface area (Å²) in [6, 6.07) is 5.83. The lowest BCUT2D eigenvalue weighted by molar-refractivity contribution is -0.131. The number of benzene rings is 1. The summed E-state index contributed by atoms with van der Waals surface area (Å²) >= 11 is 0. The quantitative estimate of drug-likeness (QED) is 0.751. The maximum absolute atomic E-state index is 13.1. The molecule has 0 saturated carbocycles. The van der Waals surface area contributed by atoms with Crippen LogP contribution in [0, 0.1) is 12.7 Å². The summed E-state index contributed by atoms with van der Waals surface area (Å²) in [6.07, 6.45) is 0. The predicted octanol–water partition coefficient (Wildman–Crippen LogP) is 2.71. The molecule has 5 heteroatoms. The Balaban J connectivity index is 2.48. The van der Waals surface area contributed by atoms with Crippen LogP contribution < -0.4 is 4.74 Å². The van der Waals surface area contributed by atoms with Crippen LogP contribution in [0.3, 0.4) is 0 Å². The Morgan fingerprint density at radius 2 is 2.24 bits per heavy atom. The molecular formula is C12H10FNO3. The number of hydrogen-bond acceptors (Lipinski definition) is 4. The molecule has 0 radical (unpaired) electrons. The van der Waals surface area contributed by atoms with E-state index in [1.54, 1.807) is 19.1 Å². The van der Waals surface area contributed by atoms with E-state index in [0.717, 1.165) is 0 Å². The third-order valence-electron chi connectivity index (χ3n) is 2.15. The molecule has 0 aliphatic carbocycles. The SMILES string of the molecule is CC(=O)Oc1c(-c2cccc(F)c2)noc1C. The lowest BCUT2D eigenvalue weighted by Gasteiger charge is -2.01. The van der Waals surface area contributed by atoms with E-state index >= 15 is 0 Å². The zero-order valence-corrected chi connectivity index (χ0v) is 9.36. The number of hydrogen-bond donors (Lipinski definition) is 0. The van der Waals surface area contributed by atoms with E-state index in [9.17, 15) is 9.18 Å². The molecule has 1 aromatic heterocycles. The summed E-state index contributed by atoms with van der Waals surface area (Å²) in [5, 5.41) is 3.76. The van der Waals surface area contributed by atoms with E-state index in [-0.39, 0.29) is 5.75 Å². The van der Waals surface area contributed by atoms with Gasteiger partial charge in [-0.25, -0.2) is 4.39 Å². The van der Waals surface area contributed by atoms with Gasteiger partial charge < -0.3 is 9.26 Å². The number of aryl methyl sites for hydroxylation is 1. The minimum absolute atomic E-state index is 0.225. The van der Waals surface area contributed by atoms with Crippen molar-refractivity contribution in [3.05, 3.63) is 35.8 Å². The summed E-state index contributed by atoms with van der Waals surface area (Å²) in [5.41, 5.74) is 0.815. The van der Waals surface area contributed by atoms with Gasteiger partial charge >= 0.3 is 5.97 Å². The second kappa shape index (κ2) is 4.37. The number of aromatic nitrogens is 1. The molecule has 4 nitrogen and oxygen atoms in total. The molecule has 1 aromatic carbocycles. The minimum atomic E-state index is -0.478. The highest BCUT2D eigenvalue weighted by molar-refractivity contribution is 5.75. The number of rotatable bonds is 2. The minimum Gasteiger partial charge on any atom is -0.420 e. The first-order chi connectivity index (χ1) is 8.08. The zero-order chi connectivity index (χ0) is 12.4. The first-order valence-corrected chi connectivity index (χ1v) is 4.98. The van der Waals surface area contributed by atoms with Crippen molar-refractivity contribution in [3.63, 3.8) is 0 Å². The first-order valence-electron chi connectivity index (χ1n) is 4.98. The summed E-state index contributed by atoms with van der Waals surface area (Å²) in [5.74, 6) is -0.270. The van der Waals surface area contributed by atoms with Gasteiger partial charge in [0.15, 0.2) is 11.5 Å². The van der Waals surface area contributed by atoms with E-state index in [4.69, 9.17) is 9.26 Å². The third-order valence-corrected chi connectivity index (χ3v) is 2.15. The first kappa shape index (κ1) is 11.3. The highest BCUT2D eigenvalue weighted by atomic mass is 19.1. The van der Waals surface area contributed by atoms with Crippen LogP contribution in [0.2, 0.25) is 0 Å². The summed E-state index contributed by atoms with van der Waals surface area (Å²) in [4.78, 5) is 10.9. The Labute approximate surface area is 97.0 Å². The molecular weight excluding hydrogens is 225 g/mol. The summed E-state index contributed by atoms with van der Waals surface area (Å²) in [7, 11) is 0. The molecule has 0 fully saturated rings. The van der Waals surface area contributed by atoms with Crippen LogP contribution >= 0.6 is 0 Å². The molecule has 88 valence electrons. The van der Waals surface area contributed by atoms with E-state index in [2.05, 4.69) is 5.16 Å². The normalized spacial score (nSPS) is 10.3. The fraction of sp³-hybridized carbons (Fsp3) is 0.167. The van der Waals surface area contributed by atoms with E-state index in [1.165, 1.54) is 19.1 Å². The Morgan fingerprint density at radius 1 is 1.47 bits per heavy atom. The van der Waals surface area contributed by atoms with Crippen molar-refractivity contribution >= 4 is 5.97 Å². The van der Waals surface area contributed by atoms with Crippen molar-refractivity contribution in [3.8, 4) is 17.0 Å². The molecule has 0 unspecified atom stereocenters. The van der Waals surface area contributed by atoms with Gasteiger partial charge in [-0.05, 0) is 12.1 Å². The van der Waals surface area contributed by atoms with E-state index in [1.807, 2.05) is 0 Å². The van der Waals surface area contributed by atoms with Crippen LogP contribution in [0.5, 0.6) is 5.75 Å². The largest absolute Gasteiger partial charge is 0.420 e. The number of halogens is 1. The van der Waals surface area contributed by atoms with Gasteiger partial charge in [0.1, 0.15) is 5.82 Å². The summed E-state index contributed by atoms with van der Waals surface area (Å²) < 4.78 is 23.0. The second-order valence-electron chi connectivity index (χ2n) is 3.52. The van der Waals surface area contributed by atoms with Crippen LogP contribution in [0.15, 0.2) is 28.8 Å². The molecule has 2 aromatic rings. The highest BCUT2D eigenvalue weighted by Gasteiger charge is 2.18. The average molecular weight is 235 g/mol. The molecule has 0 bridgehead atoms. The number of nitrogens with zero attached hydrogens (tertiary/aromatic N) is 1. The molecule has 1 heterocycles. The van der Waals surface area contributed by atoms with Crippen LogP contribution in [-0.2, 0) is 4.79 Å². The van der Waals surface area contributed by atoms with Crippen molar-refractivity contribution in [2.75, 3.05) is 0 Å².